The van der Waals surface area contributed by atoms with Gasteiger partial charge in [-0.25, -0.2) is 4.98 Å². The summed E-state index contributed by atoms with van der Waals surface area (Å²) in [5, 5.41) is 6.41. The van der Waals surface area contributed by atoms with Crippen LogP contribution in [0, 0.1) is 0 Å². The van der Waals surface area contributed by atoms with Crippen LogP contribution in [-0.4, -0.2) is 37.1 Å². The fraction of sp³-hybridized carbons (Fsp3) is 0.357. The smallest absolute Gasteiger partial charge is 0.123 e. The second-order valence-corrected chi connectivity index (χ2v) is 5.21. The molecule has 3 nitrogen and oxygen atoms in total. The molecule has 0 aliphatic rings. The zero-order valence-corrected chi connectivity index (χ0v) is 11.7. The Balaban J connectivity index is 1.98. The van der Waals surface area contributed by atoms with E-state index in [1.165, 1.54) is 5.56 Å². The van der Waals surface area contributed by atoms with E-state index in [2.05, 4.69) is 51.9 Å². The highest BCUT2D eigenvalue weighted by Gasteiger charge is 2.06. The van der Waals surface area contributed by atoms with Crippen molar-refractivity contribution in [2.45, 2.75) is 6.54 Å². The molecule has 0 fully saturated rings. The summed E-state index contributed by atoms with van der Waals surface area (Å²) in [4.78, 5) is 6.96. The quantitative estimate of drug-likeness (QED) is 0.866. The number of thiazole rings is 1. The number of nitrogens with one attached hydrogen (secondary N) is 1. The molecule has 2 rings (SSSR count). The lowest BCUT2D eigenvalue weighted by molar-refractivity contribution is 0.325. The first-order chi connectivity index (χ1) is 8.79. The van der Waals surface area contributed by atoms with Gasteiger partial charge in [0.25, 0.3) is 0 Å². The summed E-state index contributed by atoms with van der Waals surface area (Å²) in [6.07, 6.45) is 0. The van der Waals surface area contributed by atoms with Gasteiger partial charge in [0.2, 0.25) is 0 Å². The first-order valence-corrected chi connectivity index (χ1v) is 7.00. The third kappa shape index (κ3) is 3.63. The molecule has 0 bridgehead atoms. The second-order valence-electron chi connectivity index (χ2n) is 4.35. The first-order valence-electron chi connectivity index (χ1n) is 6.12. The number of hydrogen-bond acceptors (Lipinski definition) is 4. The van der Waals surface area contributed by atoms with E-state index in [1.54, 1.807) is 11.3 Å². The molecule has 0 saturated carbocycles. The zero-order chi connectivity index (χ0) is 12.8. The third-order valence-electron chi connectivity index (χ3n) is 2.75. The standard InChI is InChI=1S/C14H19N3S/c1-15-8-9-17(2)10-13-11-18-14(16-13)12-6-4-3-5-7-12/h3-7,11,15H,8-10H2,1-2H3. The first kappa shape index (κ1) is 13.2. The van der Waals surface area contributed by atoms with Gasteiger partial charge in [-0.1, -0.05) is 30.3 Å². The van der Waals surface area contributed by atoms with Gasteiger partial charge in [-0.3, -0.25) is 4.90 Å². The van der Waals surface area contributed by atoms with Gasteiger partial charge < -0.3 is 5.32 Å². The van der Waals surface area contributed by atoms with Crippen molar-refractivity contribution in [3.63, 3.8) is 0 Å². The lowest BCUT2D eigenvalue weighted by Gasteiger charge is -2.14. The zero-order valence-electron chi connectivity index (χ0n) is 10.9. The highest BCUT2D eigenvalue weighted by molar-refractivity contribution is 7.13. The Morgan fingerprint density at radius 2 is 2.06 bits per heavy atom. The summed E-state index contributed by atoms with van der Waals surface area (Å²) < 4.78 is 0. The predicted molar refractivity (Wildman–Crippen MR) is 77.8 cm³/mol. The van der Waals surface area contributed by atoms with E-state index in [0.717, 1.165) is 30.3 Å². The van der Waals surface area contributed by atoms with Crippen LogP contribution in [0.25, 0.3) is 10.6 Å². The Bertz CT molecular complexity index is 467. The molecule has 0 amide bonds. The number of rotatable bonds is 6. The molecule has 0 saturated heterocycles. The molecule has 2 aromatic rings. The highest BCUT2D eigenvalue weighted by Crippen LogP contribution is 2.23. The van der Waals surface area contributed by atoms with Crippen LogP contribution in [0.3, 0.4) is 0 Å². The summed E-state index contributed by atoms with van der Waals surface area (Å²) in [6.45, 7) is 2.95. The van der Waals surface area contributed by atoms with Gasteiger partial charge in [-0.05, 0) is 14.1 Å². The van der Waals surface area contributed by atoms with E-state index < -0.39 is 0 Å². The minimum atomic E-state index is 0.908. The van der Waals surface area contributed by atoms with Crippen LogP contribution < -0.4 is 5.32 Å². The van der Waals surface area contributed by atoms with Crippen molar-refractivity contribution in [1.82, 2.24) is 15.2 Å². The van der Waals surface area contributed by atoms with Crippen molar-refractivity contribution in [2.24, 2.45) is 0 Å². The van der Waals surface area contributed by atoms with Gasteiger partial charge in [-0.2, -0.15) is 0 Å². The molecule has 1 heterocycles. The highest BCUT2D eigenvalue weighted by atomic mass is 32.1. The Morgan fingerprint density at radius 1 is 1.28 bits per heavy atom. The van der Waals surface area contributed by atoms with Crippen LogP contribution in [0.2, 0.25) is 0 Å². The van der Waals surface area contributed by atoms with Gasteiger partial charge in [0, 0.05) is 30.6 Å². The maximum Gasteiger partial charge on any atom is 0.123 e. The van der Waals surface area contributed by atoms with Gasteiger partial charge in [0.05, 0.1) is 5.69 Å². The molecule has 0 unspecified atom stereocenters. The fourth-order valence-corrected chi connectivity index (χ4v) is 2.57. The average molecular weight is 261 g/mol. The van der Waals surface area contributed by atoms with Gasteiger partial charge in [0.15, 0.2) is 0 Å². The van der Waals surface area contributed by atoms with E-state index in [4.69, 9.17) is 0 Å². The Hall–Kier alpha value is -1.23. The SMILES string of the molecule is CNCCN(C)Cc1csc(-c2ccccc2)n1. The van der Waals surface area contributed by atoms with Crippen molar-refractivity contribution >= 4 is 11.3 Å². The summed E-state index contributed by atoms with van der Waals surface area (Å²) in [5.41, 5.74) is 2.35. The Morgan fingerprint density at radius 3 is 2.78 bits per heavy atom. The van der Waals surface area contributed by atoms with Crippen molar-refractivity contribution in [2.75, 3.05) is 27.2 Å². The van der Waals surface area contributed by atoms with Crippen molar-refractivity contribution < 1.29 is 0 Å². The van der Waals surface area contributed by atoms with Gasteiger partial charge in [-0.15, -0.1) is 11.3 Å². The van der Waals surface area contributed by atoms with Crippen molar-refractivity contribution in [3.05, 3.63) is 41.4 Å². The molecule has 96 valence electrons. The molecule has 0 spiro atoms. The predicted octanol–water partition coefficient (Wildman–Crippen LogP) is 2.46. The van der Waals surface area contributed by atoms with Crippen LogP contribution in [0.1, 0.15) is 5.69 Å². The summed E-state index contributed by atoms with van der Waals surface area (Å²) >= 11 is 1.72. The molecular formula is C14H19N3S. The minimum absolute atomic E-state index is 0.908. The molecule has 0 atom stereocenters. The van der Waals surface area contributed by atoms with Crippen molar-refractivity contribution in [3.8, 4) is 10.6 Å². The molecule has 1 aromatic carbocycles. The number of benzene rings is 1. The molecule has 4 heteroatoms. The molecule has 0 aliphatic carbocycles. The topological polar surface area (TPSA) is 28.2 Å². The summed E-state index contributed by atoms with van der Waals surface area (Å²) in [6, 6.07) is 10.3. The van der Waals surface area contributed by atoms with E-state index in [1.807, 2.05) is 13.1 Å². The van der Waals surface area contributed by atoms with E-state index in [0.29, 0.717) is 0 Å². The van der Waals surface area contributed by atoms with Gasteiger partial charge in [0.1, 0.15) is 5.01 Å². The number of likely N-dealkylation sites (N-methyl/N-ethyl adjacent to an activating group) is 2. The van der Waals surface area contributed by atoms with E-state index in [9.17, 15) is 0 Å². The molecule has 1 aromatic heterocycles. The Labute approximate surface area is 112 Å². The number of hydrogen-bond donors (Lipinski definition) is 1. The second kappa shape index (κ2) is 6.64. The lowest BCUT2D eigenvalue weighted by atomic mass is 10.2. The van der Waals surface area contributed by atoms with Gasteiger partial charge >= 0.3 is 0 Å². The molecular weight excluding hydrogens is 242 g/mol. The van der Waals surface area contributed by atoms with Crippen LogP contribution in [0.5, 0.6) is 0 Å². The summed E-state index contributed by atoms with van der Waals surface area (Å²) in [7, 11) is 4.10. The van der Waals surface area contributed by atoms with Crippen LogP contribution in [-0.2, 0) is 6.54 Å². The molecule has 0 aliphatic heterocycles. The molecule has 1 N–H and O–H groups in total. The average Bonchev–Trinajstić information content (AvgIpc) is 2.86. The molecule has 0 radical (unpaired) electrons. The molecule has 18 heavy (non-hydrogen) atoms. The maximum atomic E-state index is 4.68. The summed E-state index contributed by atoms with van der Waals surface area (Å²) in [5.74, 6) is 0. The van der Waals surface area contributed by atoms with Crippen LogP contribution >= 0.6 is 11.3 Å². The maximum absolute atomic E-state index is 4.68. The van der Waals surface area contributed by atoms with Crippen LogP contribution in [0.15, 0.2) is 35.7 Å². The monoisotopic (exact) mass is 261 g/mol. The number of nitrogens with zero attached hydrogens (tertiary/aromatic N) is 2. The number of aromatic nitrogens is 1. The van der Waals surface area contributed by atoms with Crippen LogP contribution in [0.4, 0.5) is 0 Å². The minimum Gasteiger partial charge on any atom is -0.318 e. The normalized spacial score (nSPS) is 11.1. The van der Waals surface area contributed by atoms with Crippen molar-refractivity contribution in [1.29, 1.82) is 0 Å². The largest absolute Gasteiger partial charge is 0.318 e. The fourth-order valence-electron chi connectivity index (χ4n) is 1.75. The van der Waals surface area contributed by atoms with E-state index in [-0.39, 0.29) is 0 Å². The Kier molecular flexibility index (Phi) is 4.87. The van der Waals surface area contributed by atoms with E-state index >= 15 is 0 Å². The lowest BCUT2D eigenvalue weighted by Crippen LogP contribution is -2.27. The third-order valence-corrected chi connectivity index (χ3v) is 3.69.